The standard InChI is InChI=1S/C11H25N3O4S/c1-13(2)7-8-14(19(4,16)17)10-11(15)12-6-5-9-18-3/h5-10H2,1-4H3,(H,12,15). The van der Waals surface area contributed by atoms with Crippen LogP contribution >= 0.6 is 0 Å². The molecule has 0 fully saturated rings. The maximum Gasteiger partial charge on any atom is 0.235 e. The molecule has 0 radical (unpaired) electrons. The average molecular weight is 295 g/mol. The number of amides is 1. The summed E-state index contributed by atoms with van der Waals surface area (Å²) in [7, 11) is 1.93. The number of nitrogens with one attached hydrogen (secondary N) is 1. The van der Waals surface area contributed by atoms with Gasteiger partial charge in [-0.3, -0.25) is 4.79 Å². The van der Waals surface area contributed by atoms with E-state index >= 15 is 0 Å². The van der Waals surface area contributed by atoms with Crippen LogP contribution in [0.15, 0.2) is 0 Å². The Bertz CT molecular complexity index is 357. The lowest BCUT2D eigenvalue weighted by atomic mass is 10.4. The van der Waals surface area contributed by atoms with Crippen LogP contribution in [0, 0.1) is 0 Å². The number of rotatable bonds is 10. The maximum absolute atomic E-state index is 11.6. The first kappa shape index (κ1) is 18.3. The summed E-state index contributed by atoms with van der Waals surface area (Å²) in [6, 6.07) is 0. The lowest BCUT2D eigenvalue weighted by Gasteiger charge is -2.21. The number of methoxy groups -OCH3 is 1. The van der Waals surface area contributed by atoms with Gasteiger partial charge in [0.05, 0.1) is 12.8 Å². The smallest absolute Gasteiger partial charge is 0.235 e. The van der Waals surface area contributed by atoms with Crippen LogP contribution in [0.25, 0.3) is 0 Å². The Labute approximate surface area is 115 Å². The summed E-state index contributed by atoms with van der Waals surface area (Å²) in [6.45, 7) is 1.79. The Morgan fingerprint density at radius 1 is 1.26 bits per heavy atom. The molecular formula is C11H25N3O4S. The third-order valence-corrected chi connectivity index (χ3v) is 3.68. The monoisotopic (exact) mass is 295 g/mol. The third-order valence-electron chi connectivity index (χ3n) is 2.43. The average Bonchev–Trinajstić information content (AvgIpc) is 2.28. The zero-order chi connectivity index (χ0) is 14.9. The van der Waals surface area contributed by atoms with Crippen molar-refractivity contribution < 1.29 is 17.9 Å². The van der Waals surface area contributed by atoms with E-state index in [0.29, 0.717) is 32.7 Å². The molecule has 0 aromatic heterocycles. The molecule has 8 heteroatoms. The highest BCUT2D eigenvalue weighted by Crippen LogP contribution is 1.97. The van der Waals surface area contributed by atoms with Crippen molar-refractivity contribution in [3.63, 3.8) is 0 Å². The molecule has 19 heavy (non-hydrogen) atoms. The van der Waals surface area contributed by atoms with Crippen LogP contribution in [0.1, 0.15) is 6.42 Å². The quantitative estimate of drug-likeness (QED) is 0.521. The van der Waals surface area contributed by atoms with E-state index < -0.39 is 10.0 Å². The molecule has 0 rings (SSSR count). The molecule has 0 aromatic rings. The molecule has 0 aliphatic carbocycles. The van der Waals surface area contributed by atoms with Gasteiger partial charge in [-0.2, -0.15) is 4.31 Å². The minimum atomic E-state index is -3.37. The van der Waals surface area contributed by atoms with Gasteiger partial charge < -0.3 is 15.0 Å². The number of nitrogens with zero attached hydrogens (tertiary/aromatic N) is 2. The lowest BCUT2D eigenvalue weighted by Crippen LogP contribution is -2.43. The summed E-state index contributed by atoms with van der Waals surface area (Å²) in [4.78, 5) is 13.5. The molecule has 0 unspecified atom stereocenters. The molecule has 0 heterocycles. The number of likely N-dealkylation sites (N-methyl/N-ethyl adjacent to an activating group) is 1. The van der Waals surface area contributed by atoms with Crippen molar-refractivity contribution in [2.24, 2.45) is 0 Å². The van der Waals surface area contributed by atoms with E-state index in [4.69, 9.17) is 4.74 Å². The predicted octanol–water partition coefficient (Wildman–Crippen LogP) is -1.04. The first-order chi connectivity index (χ1) is 8.77. The summed E-state index contributed by atoms with van der Waals surface area (Å²) in [5.74, 6) is -0.291. The summed E-state index contributed by atoms with van der Waals surface area (Å²) < 4.78 is 29.2. The zero-order valence-electron chi connectivity index (χ0n) is 12.2. The van der Waals surface area contributed by atoms with Gasteiger partial charge in [0.1, 0.15) is 0 Å². The van der Waals surface area contributed by atoms with Gasteiger partial charge in [-0.15, -0.1) is 0 Å². The number of ether oxygens (including phenoxy) is 1. The Balaban J connectivity index is 4.21. The zero-order valence-corrected chi connectivity index (χ0v) is 13.0. The Kier molecular flexibility index (Phi) is 8.90. The number of hydrogen-bond donors (Lipinski definition) is 1. The Morgan fingerprint density at radius 2 is 1.89 bits per heavy atom. The second-order valence-corrected chi connectivity index (χ2v) is 6.58. The molecule has 0 spiro atoms. The molecule has 0 bridgehead atoms. The predicted molar refractivity (Wildman–Crippen MR) is 74.5 cm³/mol. The summed E-state index contributed by atoms with van der Waals surface area (Å²) in [5, 5.41) is 2.67. The van der Waals surface area contributed by atoms with E-state index in [9.17, 15) is 13.2 Å². The minimum Gasteiger partial charge on any atom is -0.385 e. The molecule has 114 valence electrons. The van der Waals surface area contributed by atoms with Crippen LogP contribution in [-0.4, -0.2) is 83.8 Å². The van der Waals surface area contributed by atoms with Gasteiger partial charge in [-0.05, 0) is 20.5 Å². The fraction of sp³-hybridized carbons (Fsp3) is 0.909. The Hall–Kier alpha value is -0.700. The highest BCUT2D eigenvalue weighted by Gasteiger charge is 2.19. The number of hydrogen-bond acceptors (Lipinski definition) is 5. The van der Waals surface area contributed by atoms with Crippen molar-refractivity contribution in [2.45, 2.75) is 6.42 Å². The van der Waals surface area contributed by atoms with Crippen LogP contribution in [0.5, 0.6) is 0 Å². The molecular weight excluding hydrogens is 270 g/mol. The first-order valence-corrected chi connectivity index (χ1v) is 7.97. The van der Waals surface area contributed by atoms with Crippen LogP contribution < -0.4 is 5.32 Å². The van der Waals surface area contributed by atoms with Gasteiger partial charge in [0.25, 0.3) is 0 Å². The molecule has 0 aliphatic heterocycles. The normalized spacial score (nSPS) is 12.1. The van der Waals surface area contributed by atoms with Gasteiger partial charge >= 0.3 is 0 Å². The van der Waals surface area contributed by atoms with E-state index in [0.717, 1.165) is 6.26 Å². The molecule has 1 amide bonds. The molecule has 0 aliphatic rings. The van der Waals surface area contributed by atoms with Crippen molar-refractivity contribution in [2.75, 3.05) is 60.2 Å². The van der Waals surface area contributed by atoms with E-state index in [1.807, 2.05) is 19.0 Å². The number of sulfonamides is 1. The van der Waals surface area contributed by atoms with Crippen molar-refractivity contribution in [1.82, 2.24) is 14.5 Å². The molecule has 0 atom stereocenters. The second kappa shape index (κ2) is 9.24. The molecule has 0 saturated carbocycles. The number of carbonyl (C=O) groups is 1. The first-order valence-electron chi connectivity index (χ1n) is 6.13. The summed E-state index contributed by atoms with van der Waals surface area (Å²) >= 11 is 0. The highest BCUT2D eigenvalue weighted by molar-refractivity contribution is 7.88. The van der Waals surface area contributed by atoms with Crippen LogP contribution in [0.3, 0.4) is 0 Å². The van der Waals surface area contributed by atoms with Gasteiger partial charge in [-0.25, -0.2) is 8.42 Å². The lowest BCUT2D eigenvalue weighted by molar-refractivity contribution is -0.121. The van der Waals surface area contributed by atoms with Crippen molar-refractivity contribution in [3.05, 3.63) is 0 Å². The molecule has 7 nitrogen and oxygen atoms in total. The highest BCUT2D eigenvalue weighted by atomic mass is 32.2. The van der Waals surface area contributed by atoms with E-state index in [2.05, 4.69) is 5.32 Å². The van der Waals surface area contributed by atoms with E-state index in [1.165, 1.54) is 4.31 Å². The summed E-state index contributed by atoms with van der Waals surface area (Å²) in [5.41, 5.74) is 0. The summed E-state index contributed by atoms with van der Waals surface area (Å²) in [6.07, 6.45) is 1.82. The maximum atomic E-state index is 11.6. The fourth-order valence-corrected chi connectivity index (χ4v) is 2.10. The van der Waals surface area contributed by atoms with Crippen LogP contribution in [-0.2, 0) is 19.6 Å². The fourth-order valence-electron chi connectivity index (χ4n) is 1.33. The van der Waals surface area contributed by atoms with E-state index in [-0.39, 0.29) is 12.5 Å². The van der Waals surface area contributed by atoms with Crippen LogP contribution in [0.2, 0.25) is 0 Å². The topological polar surface area (TPSA) is 79.0 Å². The molecule has 0 saturated heterocycles. The minimum absolute atomic E-state index is 0.139. The largest absolute Gasteiger partial charge is 0.385 e. The van der Waals surface area contributed by atoms with Gasteiger partial charge in [0.2, 0.25) is 15.9 Å². The van der Waals surface area contributed by atoms with Gasteiger partial charge in [0.15, 0.2) is 0 Å². The SMILES string of the molecule is COCCCNC(=O)CN(CCN(C)C)S(C)(=O)=O. The third kappa shape index (κ3) is 9.83. The van der Waals surface area contributed by atoms with Gasteiger partial charge in [-0.1, -0.05) is 0 Å². The van der Waals surface area contributed by atoms with Crippen LogP contribution in [0.4, 0.5) is 0 Å². The Morgan fingerprint density at radius 3 is 2.37 bits per heavy atom. The number of carbonyl (C=O) groups excluding carboxylic acids is 1. The van der Waals surface area contributed by atoms with Crippen molar-refractivity contribution in [3.8, 4) is 0 Å². The van der Waals surface area contributed by atoms with Gasteiger partial charge in [0, 0.05) is 33.4 Å². The second-order valence-electron chi connectivity index (χ2n) is 4.60. The van der Waals surface area contributed by atoms with E-state index in [1.54, 1.807) is 7.11 Å². The molecule has 1 N–H and O–H groups in total. The van der Waals surface area contributed by atoms with Crippen molar-refractivity contribution in [1.29, 1.82) is 0 Å². The molecule has 0 aromatic carbocycles. The van der Waals surface area contributed by atoms with Crippen molar-refractivity contribution >= 4 is 15.9 Å².